The van der Waals surface area contributed by atoms with Crippen molar-refractivity contribution in [3.8, 4) is 0 Å². The molecule has 0 fully saturated rings. The molecule has 2 N–H and O–H groups in total. The average Bonchev–Trinajstić information content (AvgIpc) is 2.60. The Morgan fingerprint density at radius 2 is 1.84 bits per heavy atom. The van der Waals surface area contributed by atoms with Crippen molar-refractivity contribution < 1.29 is 4.39 Å². The predicted octanol–water partition coefficient (Wildman–Crippen LogP) is 3.40. The molecule has 0 spiro atoms. The molecule has 19 heavy (non-hydrogen) atoms. The van der Waals surface area contributed by atoms with Crippen LogP contribution in [-0.2, 0) is 12.8 Å². The summed E-state index contributed by atoms with van der Waals surface area (Å²) in [5.74, 6) is -0.214. The van der Waals surface area contributed by atoms with Crippen LogP contribution in [0.5, 0.6) is 0 Å². The number of rotatable bonds is 4. The van der Waals surface area contributed by atoms with Gasteiger partial charge in [0, 0.05) is 16.8 Å². The van der Waals surface area contributed by atoms with Crippen LogP contribution in [-0.4, -0.2) is 10.5 Å². The molecule has 2 rings (SSSR count). The van der Waals surface area contributed by atoms with Gasteiger partial charge in [0.1, 0.15) is 5.82 Å². The van der Waals surface area contributed by atoms with Crippen molar-refractivity contribution in [1.29, 1.82) is 0 Å². The zero-order valence-corrected chi connectivity index (χ0v) is 12.4. The number of nitrogens with two attached hydrogens (primary N) is 1. The van der Waals surface area contributed by atoms with Crippen molar-refractivity contribution in [3.05, 3.63) is 51.2 Å². The SMILES string of the molecule is Cc1nc(CC(C)(N)Cc2ccc(F)cc2)sc1C. The van der Waals surface area contributed by atoms with E-state index in [1.165, 1.54) is 17.0 Å². The lowest BCUT2D eigenvalue weighted by Crippen LogP contribution is -2.40. The quantitative estimate of drug-likeness (QED) is 0.931. The third-order valence-electron chi connectivity index (χ3n) is 3.15. The Morgan fingerprint density at radius 3 is 2.37 bits per heavy atom. The Kier molecular flexibility index (Phi) is 4.02. The zero-order valence-electron chi connectivity index (χ0n) is 11.5. The van der Waals surface area contributed by atoms with E-state index in [1.807, 2.05) is 13.8 Å². The highest BCUT2D eigenvalue weighted by Crippen LogP contribution is 2.22. The summed E-state index contributed by atoms with van der Waals surface area (Å²) in [7, 11) is 0. The normalized spacial score (nSPS) is 14.4. The van der Waals surface area contributed by atoms with E-state index in [-0.39, 0.29) is 11.4 Å². The van der Waals surface area contributed by atoms with Gasteiger partial charge in [-0.2, -0.15) is 0 Å². The number of hydrogen-bond donors (Lipinski definition) is 1. The van der Waals surface area contributed by atoms with Crippen molar-refractivity contribution in [2.45, 2.75) is 39.2 Å². The van der Waals surface area contributed by atoms with E-state index in [0.717, 1.165) is 22.7 Å². The van der Waals surface area contributed by atoms with Gasteiger partial charge < -0.3 is 5.73 Å². The zero-order chi connectivity index (χ0) is 14.0. The Hall–Kier alpha value is -1.26. The van der Waals surface area contributed by atoms with Crippen LogP contribution in [0.1, 0.15) is 28.1 Å². The molecule has 0 amide bonds. The lowest BCUT2D eigenvalue weighted by atomic mass is 9.91. The highest BCUT2D eigenvalue weighted by molar-refractivity contribution is 7.11. The topological polar surface area (TPSA) is 38.9 Å². The summed E-state index contributed by atoms with van der Waals surface area (Å²) < 4.78 is 12.9. The van der Waals surface area contributed by atoms with Crippen molar-refractivity contribution in [1.82, 2.24) is 4.98 Å². The Morgan fingerprint density at radius 1 is 1.21 bits per heavy atom. The van der Waals surface area contributed by atoms with E-state index < -0.39 is 0 Å². The third kappa shape index (κ3) is 3.85. The van der Waals surface area contributed by atoms with E-state index in [0.29, 0.717) is 6.42 Å². The molecule has 0 radical (unpaired) electrons. The van der Waals surface area contributed by atoms with Crippen LogP contribution in [0, 0.1) is 19.7 Å². The maximum Gasteiger partial charge on any atom is 0.123 e. The summed E-state index contributed by atoms with van der Waals surface area (Å²) in [5, 5.41) is 1.07. The second-order valence-corrected chi connectivity index (χ2v) is 6.67. The predicted molar refractivity (Wildman–Crippen MR) is 78.0 cm³/mol. The molecule has 1 unspecified atom stereocenters. The molecule has 1 aromatic heterocycles. The van der Waals surface area contributed by atoms with Crippen LogP contribution in [0.3, 0.4) is 0 Å². The first-order chi connectivity index (χ1) is 8.85. The number of nitrogens with zero attached hydrogens (tertiary/aromatic N) is 1. The minimum atomic E-state index is -0.367. The van der Waals surface area contributed by atoms with Crippen LogP contribution in [0.15, 0.2) is 24.3 Å². The van der Waals surface area contributed by atoms with E-state index in [2.05, 4.69) is 11.9 Å². The Balaban J connectivity index is 2.07. The lowest BCUT2D eigenvalue weighted by molar-refractivity contribution is 0.461. The number of aryl methyl sites for hydroxylation is 2. The minimum Gasteiger partial charge on any atom is -0.325 e. The van der Waals surface area contributed by atoms with E-state index in [4.69, 9.17) is 5.73 Å². The minimum absolute atomic E-state index is 0.214. The van der Waals surface area contributed by atoms with Crippen LogP contribution in [0.25, 0.3) is 0 Å². The number of halogens is 1. The van der Waals surface area contributed by atoms with Gasteiger partial charge in [0.25, 0.3) is 0 Å². The third-order valence-corrected chi connectivity index (χ3v) is 4.22. The van der Waals surface area contributed by atoms with E-state index >= 15 is 0 Å². The van der Waals surface area contributed by atoms with Crippen LogP contribution >= 0.6 is 11.3 Å². The molecule has 1 atom stereocenters. The largest absolute Gasteiger partial charge is 0.325 e. The van der Waals surface area contributed by atoms with Gasteiger partial charge in [-0.3, -0.25) is 0 Å². The highest BCUT2D eigenvalue weighted by atomic mass is 32.1. The van der Waals surface area contributed by atoms with Gasteiger partial charge in [-0.25, -0.2) is 9.37 Å². The molecular weight excluding hydrogens is 259 g/mol. The number of aromatic nitrogens is 1. The summed E-state index contributed by atoms with van der Waals surface area (Å²) in [6.07, 6.45) is 1.45. The van der Waals surface area contributed by atoms with Crippen LogP contribution in [0.4, 0.5) is 4.39 Å². The molecule has 1 heterocycles. The van der Waals surface area contributed by atoms with Gasteiger partial charge in [0.2, 0.25) is 0 Å². The molecule has 4 heteroatoms. The summed E-state index contributed by atoms with van der Waals surface area (Å²) in [4.78, 5) is 5.77. The second kappa shape index (κ2) is 5.39. The first kappa shape index (κ1) is 14.2. The Labute approximate surface area is 117 Å². The first-order valence-corrected chi connectivity index (χ1v) is 7.14. The lowest BCUT2D eigenvalue weighted by Gasteiger charge is -2.23. The molecule has 0 bridgehead atoms. The molecule has 0 aliphatic heterocycles. The fourth-order valence-corrected chi connectivity index (χ4v) is 3.22. The number of benzene rings is 1. The van der Waals surface area contributed by atoms with E-state index in [9.17, 15) is 4.39 Å². The van der Waals surface area contributed by atoms with Crippen LogP contribution in [0.2, 0.25) is 0 Å². The molecule has 2 nitrogen and oxygen atoms in total. The molecule has 0 saturated heterocycles. The van der Waals surface area contributed by atoms with Gasteiger partial charge in [-0.15, -0.1) is 11.3 Å². The smallest absolute Gasteiger partial charge is 0.123 e. The van der Waals surface area contributed by atoms with Gasteiger partial charge >= 0.3 is 0 Å². The van der Waals surface area contributed by atoms with Crippen molar-refractivity contribution >= 4 is 11.3 Å². The maximum absolute atomic E-state index is 12.9. The van der Waals surface area contributed by atoms with Gasteiger partial charge in [0.15, 0.2) is 0 Å². The van der Waals surface area contributed by atoms with Gasteiger partial charge in [-0.05, 0) is 44.9 Å². The van der Waals surface area contributed by atoms with Crippen molar-refractivity contribution in [2.75, 3.05) is 0 Å². The monoisotopic (exact) mass is 278 g/mol. The molecule has 102 valence electrons. The summed E-state index contributed by atoms with van der Waals surface area (Å²) in [6.45, 7) is 6.11. The maximum atomic E-state index is 12.9. The van der Waals surface area contributed by atoms with Gasteiger partial charge in [0.05, 0.1) is 10.7 Å². The van der Waals surface area contributed by atoms with Crippen molar-refractivity contribution in [3.63, 3.8) is 0 Å². The standard InChI is InChI=1S/C15H19FN2S/c1-10-11(2)19-14(18-10)9-15(3,17)8-12-4-6-13(16)7-5-12/h4-7H,8-9,17H2,1-3H3. The molecule has 0 saturated carbocycles. The summed E-state index contributed by atoms with van der Waals surface area (Å²) >= 11 is 1.70. The first-order valence-electron chi connectivity index (χ1n) is 6.32. The summed E-state index contributed by atoms with van der Waals surface area (Å²) in [5.41, 5.74) is 8.12. The molecule has 2 aromatic rings. The molecular formula is C15H19FN2S. The molecule has 1 aromatic carbocycles. The van der Waals surface area contributed by atoms with Gasteiger partial charge in [-0.1, -0.05) is 12.1 Å². The average molecular weight is 278 g/mol. The summed E-state index contributed by atoms with van der Waals surface area (Å²) in [6, 6.07) is 6.53. The molecule has 0 aliphatic carbocycles. The van der Waals surface area contributed by atoms with E-state index in [1.54, 1.807) is 23.5 Å². The fraction of sp³-hybridized carbons (Fsp3) is 0.400. The highest BCUT2D eigenvalue weighted by Gasteiger charge is 2.22. The van der Waals surface area contributed by atoms with Crippen molar-refractivity contribution in [2.24, 2.45) is 5.73 Å². The Bertz CT molecular complexity index is 539. The fourth-order valence-electron chi connectivity index (χ4n) is 2.09. The number of thiazole rings is 1. The van der Waals surface area contributed by atoms with Crippen LogP contribution < -0.4 is 5.73 Å². The molecule has 0 aliphatic rings. The number of hydrogen-bond acceptors (Lipinski definition) is 3. The second-order valence-electron chi connectivity index (χ2n) is 5.38.